The molecule has 0 spiro atoms. The highest BCUT2D eigenvalue weighted by Crippen LogP contribution is 2.13. The Kier molecular flexibility index (Phi) is 17.4. The average molecular weight is 300 g/mol. The topological polar surface area (TPSA) is 26.0 Å². The van der Waals surface area contributed by atoms with Crippen LogP contribution in [0.15, 0.2) is 0 Å². The van der Waals surface area contributed by atoms with Crippen molar-refractivity contribution in [3.8, 4) is 0 Å². The minimum Gasteiger partial charge on any atom is -0.353 e. The molecule has 0 aromatic carbocycles. The van der Waals surface area contributed by atoms with Crippen LogP contribution >= 0.6 is 0 Å². The molecule has 0 saturated carbocycles. The molecule has 0 rings (SSSR count). The Morgan fingerprint density at radius 3 is 1.15 bits per heavy atom. The van der Waals surface area contributed by atoms with Gasteiger partial charge in [0.2, 0.25) is 0 Å². The van der Waals surface area contributed by atoms with E-state index in [-0.39, 0.29) is 0 Å². The quantitative estimate of drug-likeness (QED) is 0.268. The summed E-state index contributed by atoms with van der Waals surface area (Å²) in [5, 5.41) is 6.34. The molecule has 0 saturated heterocycles. The second kappa shape index (κ2) is 17.2. The van der Waals surface area contributed by atoms with Crippen molar-refractivity contribution in [1.82, 2.24) is 0 Å². The van der Waals surface area contributed by atoms with Crippen LogP contribution in [0.25, 0.3) is 0 Å². The molecule has 2 N–H and O–H groups in total. The zero-order valence-corrected chi connectivity index (χ0v) is 15.6. The van der Waals surface area contributed by atoms with Crippen molar-refractivity contribution in [2.24, 2.45) is 5.40 Å². The van der Waals surface area contributed by atoms with Crippen LogP contribution in [-0.2, 0) is 0 Å². The molecule has 0 aliphatic carbocycles. The monoisotopic (exact) mass is 299 g/mol. The first-order valence-corrected chi connectivity index (χ1v) is 11.9. The van der Waals surface area contributed by atoms with E-state index in [9.17, 15) is 0 Å². The number of nitrogens with two attached hydrogens (primary N) is 1. The van der Waals surface area contributed by atoms with Gasteiger partial charge in [-0.1, -0.05) is 104 Å². The average Bonchev–Trinajstić information content (AvgIpc) is 2.45. The molecular formula is C18H41NSi. The minimum absolute atomic E-state index is 0.832. The molecule has 0 aliphatic heterocycles. The van der Waals surface area contributed by atoms with E-state index in [0.29, 0.717) is 0 Å². The van der Waals surface area contributed by atoms with Gasteiger partial charge in [-0.3, -0.25) is 0 Å². The molecule has 20 heavy (non-hydrogen) atoms. The summed E-state index contributed by atoms with van der Waals surface area (Å²) in [6.07, 6.45) is 19.9. The molecule has 0 amide bonds. The third-order valence-corrected chi connectivity index (χ3v) is 6.66. The molecule has 1 nitrogen and oxygen atoms in total. The summed E-state index contributed by atoms with van der Waals surface area (Å²) in [5.41, 5.74) is 0. The van der Waals surface area contributed by atoms with Crippen LogP contribution in [0, 0.1) is 0 Å². The van der Waals surface area contributed by atoms with E-state index in [4.69, 9.17) is 5.40 Å². The highest BCUT2D eigenvalue weighted by atomic mass is 28.3. The Bertz CT molecular complexity index is 155. The van der Waals surface area contributed by atoms with E-state index in [1.54, 1.807) is 0 Å². The molecule has 0 atom stereocenters. The zero-order valence-electron chi connectivity index (χ0n) is 14.5. The SMILES string of the molecule is CCCCCCCCC[SiH](N)CCCCCCCCC. The van der Waals surface area contributed by atoms with Crippen molar-refractivity contribution in [2.75, 3.05) is 0 Å². The fraction of sp³-hybridized carbons (Fsp3) is 1.00. The maximum absolute atomic E-state index is 6.34. The first-order chi connectivity index (χ1) is 9.81. The first kappa shape index (κ1) is 20.2. The van der Waals surface area contributed by atoms with E-state index < -0.39 is 8.96 Å². The van der Waals surface area contributed by atoms with E-state index in [2.05, 4.69) is 13.8 Å². The van der Waals surface area contributed by atoms with E-state index in [0.717, 1.165) is 0 Å². The summed E-state index contributed by atoms with van der Waals surface area (Å²) < 4.78 is 0. The molecule has 2 heteroatoms. The van der Waals surface area contributed by atoms with Crippen molar-refractivity contribution in [3.63, 3.8) is 0 Å². The van der Waals surface area contributed by atoms with E-state index >= 15 is 0 Å². The van der Waals surface area contributed by atoms with Gasteiger partial charge in [0.05, 0.1) is 0 Å². The normalized spacial score (nSPS) is 11.4. The van der Waals surface area contributed by atoms with Crippen LogP contribution in [0.1, 0.15) is 104 Å². The van der Waals surface area contributed by atoms with Crippen molar-refractivity contribution in [3.05, 3.63) is 0 Å². The highest BCUT2D eigenvalue weighted by Gasteiger charge is 2.04. The van der Waals surface area contributed by atoms with Gasteiger partial charge >= 0.3 is 0 Å². The van der Waals surface area contributed by atoms with Crippen LogP contribution < -0.4 is 5.40 Å². The van der Waals surface area contributed by atoms with Crippen molar-refractivity contribution in [2.45, 2.75) is 116 Å². The second-order valence-electron chi connectivity index (χ2n) is 6.58. The molecule has 0 unspecified atom stereocenters. The third-order valence-electron chi connectivity index (χ3n) is 4.36. The van der Waals surface area contributed by atoms with Crippen molar-refractivity contribution in [1.29, 1.82) is 0 Å². The van der Waals surface area contributed by atoms with Gasteiger partial charge in [-0.05, 0) is 12.1 Å². The maximum atomic E-state index is 6.34. The molecule has 0 aliphatic rings. The van der Waals surface area contributed by atoms with Crippen molar-refractivity contribution >= 4 is 8.96 Å². The van der Waals surface area contributed by atoms with Gasteiger partial charge in [-0.2, -0.15) is 0 Å². The first-order valence-electron chi connectivity index (χ1n) is 9.56. The van der Waals surface area contributed by atoms with Gasteiger partial charge < -0.3 is 5.40 Å². The Balaban J connectivity index is 3.11. The lowest BCUT2D eigenvalue weighted by Crippen LogP contribution is -2.24. The predicted molar refractivity (Wildman–Crippen MR) is 96.9 cm³/mol. The van der Waals surface area contributed by atoms with Gasteiger partial charge in [0.15, 0.2) is 0 Å². The fourth-order valence-corrected chi connectivity index (χ4v) is 4.79. The summed E-state index contributed by atoms with van der Waals surface area (Å²) in [4.78, 5) is 0. The van der Waals surface area contributed by atoms with Crippen LogP contribution in [0.5, 0.6) is 0 Å². The predicted octanol–water partition coefficient (Wildman–Crippen LogP) is 6.17. The number of hydrogen-bond donors (Lipinski definition) is 1. The van der Waals surface area contributed by atoms with Gasteiger partial charge in [0.1, 0.15) is 8.96 Å². The summed E-state index contributed by atoms with van der Waals surface area (Å²) in [6.45, 7) is 4.57. The third kappa shape index (κ3) is 16.2. The number of unbranched alkanes of at least 4 members (excludes halogenated alkanes) is 12. The Labute approximate surface area is 130 Å². The minimum atomic E-state index is -0.832. The lowest BCUT2D eigenvalue weighted by Gasteiger charge is -2.09. The Morgan fingerprint density at radius 1 is 0.500 bits per heavy atom. The van der Waals surface area contributed by atoms with Crippen LogP contribution in [-0.4, -0.2) is 8.96 Å². The summed E-state index contributed by atoms with van der Waals surface area (Å²) in [7, 11) is -0.832. The Morgan fingerprint density at radius 2 is 0.800 bits per heavy atom. The van der Waals surface area contributed by atoms with Crippen molar-refractivity contribution < 1.29 is 0 Å². The largest absolute Gasteiger partial charge is 0.353 e. The number of rotatable bonds is 16. The smallest absolute Gasteiger partial charge is 0.106 e. The zero-order chi connectivity index (χ0) is 14.9. The molecule has 0 heterocycles. The van der Waals surface area contributed by atoms with Crippen LogP contribution in [0.2, 0.25) is 12.1 Å². The molecule has 0 radical (unpaired) electrons. The number of hydrogen-bond acceptors (Lipinski definition) is 1. The summed E-state index contributed by atoms with van der Waals surface area (Å²) in [5.74, 6) is 0. The van der Waals surface area contributed by atoms with Gasteiger partial charge in [0.25, 0.3) is 0 Å². The molecule has 0 fully saturated rings. The van der Waals surface area contributed by atoms with Crippen LogP contribution in [0.3, 0.4) is 0 Å². The summed E-state index contributed by atoms with van der Waals surface area (Å²) >= 11 is 0. The molecular weight excluding hydrogens is 258 g/mol. The van der Waals surface area contributed by atoms with Gasteiger partial charge in [0, 0.05) is 0 Å². The maximum Gasteiger partial charge on any atom is 0.106 e. The fourth-order valence-electron chi connectivity index (χ4n) is 2.87. The van der Waals surface area contributed by atoms with Gasteiger partial charge in [-0.15, -0.1) is 0 Å². The molecule has 0 bridgehead atoms. The standard InChI is InChI=1S/C18H41NSi/c1-3-5-7-9-11-13-15-17-20(19)18-16-14-12-10-8-6-4-2/h20H,3-19H2,1-2H3. The van der Waals surface area contributed by atoms with Gasteiger partial charge in [-0.25, -0.2) is 0 Å². The lowest BCUT2D eigenvalue weighted by atomic mass is 10.1. The molecule has 0 aromatic rings. The highest BCUT2D eigenvalue weighted by molar-refractivity contribution is 6.55. The molecule has 0 aromatic heterocycles. The Hall–Kier alpha value is 0.177. The molecule has 122 valence electrons. The van der Waals surface area contributed by atoms with E-state index in [1.807, 2.05) is 0 Å². The lowest BCUT2D eigenvalue weighted by molar-refractivity contribution is 0.596. The summed E-state index contributed by atoms with van der Waals surface area (Å²) in [6, 6.07) is 2.78. The van der Waals surface area contributed by atoms with Crippen LogP contribution in [0.4, 0.5) is 0 Å². The second-order valence-corrected chi connectivity index (χ2v) is 9.25. The van der Waals surface area contributed by atoms with E-state index in [1.165, 1.54) is 102 Å².